The smallest absolute Gasteiger partial charge is 0.270 e. The molecule has 1 aliphatic rings. The summed E-state index contributed by atoms with van der Waals surface area (Å²) in [5, 5.41) is 3.46. The first-order chi connectivity index (χ1) is 7.75. The number of hydrogen-bond donors (Lipinski definition) is 1. The van der Waals surface area contributed by atoms with Crippen molar-refractivity contribution in [2.24, 2.45) is 0 Å². The summed E-state index contributed by atoms with van der Waals surface area (Å²) in [6.07, 6.45) is 3.19. The molecular weight excluding hydrogens is 228 g/mol. The highest BCUT2D eigenvalue weighted by molar-refractivity contribution is 6.30. The summed E-state index contributed by atoms with van der Waals surface area (Å²) in [6, 6.07) is 3.48. The highest BCUT2D eigenvalue weighted by atomic mass is 35.5. The number of nitrogens with zero attached hydrogens (tertiary/aromatic N) is 1. The van der Waals surface area contributed by atoms with Crippen molar-refractivity contribution in [2.45, 2.75) is 18.9 Å². The van der Waals surface area contributed by atoms with Gasteiger partial charge in [0.25, 0.3) is 5.91 Å². The Morgan fingerprint density at radius 2 is 2.19 bits per heavy atom. The summed E-state index contributed by atoms with van der Waals surface area (Å²) in [6.45, 7) is 1.41. The summed E-state index contributed by atoms with van der Waals surface area (Å²) in [5.74, 6) is -0.149. The quantitative estimate of drug-likeness (QED) is 0.855. The Labute approximate surface area is 99.0 Å². The number of amides is 1. The first-order valence-electron chi connectivity index (χ1n) is 5.26. The number of pyridine rings is 1. The molecule has 0 aliphatic carbocycles. The maximum atomic E-state index is 11.8. The van der Waals surface area contributed by atoms with E-state index < -0.39 is 0 Å². The van der Waals surface area contributed by atoms with E-state index in [4.69, 9.17) is 16.3 Å². The van der Waals surface area contributed by atoms with Gasteiger partial charge in [-0.1, -0.05) is 11.6 Å². The third-order valence-corrected chi connectivity index (χ3v) is 2.74. The summed E-state index contributed by atoms with van der Waals surface area (Å²) in [7, 11) is 0. The fraction of sp³-hybridized carbons (Fsp3) is 0.455. The van der Waals surface area contributed by atoms with E-state index in [2.05, 4.69) is 10.3 Å². The molecule has 2 rings (SSSR count). The summed E-state index contributed by atoms with van der Waals surface area (Å²) >= 11 is 5.70. The minimum absolute atomic E-state index is 0.149. The molecule has 0 spiro atoms. The van der Waals surface area contributed by atoms with Crippen LogP contribution in [0.4, 0.5) is 0 Å². The van der Waals surface area contributed by atoms with Crippen molar-refractivity contribution < 1.29 is 9.53 Å². The summed E-state index contributed by atoms with van der Waals surface area (Å²) in [4.78, 5) is 15.7. The average molecular weight is 241 g/mol. The zero-order valence-electron chi connectivity index (χ0n) is 8.78. The van der Waals surface area contributed by atoms with Crippen LogP contribution in [0.1, 0.15) is 23.3 Å². The standard InChI is InChI=1S/C11H13ClN2O2/c12-8-1-2-10(13-7-8)11(15)14-9-3-5-16-6-4-9/h1-2,7,9H,3-6H2,(H,14,15). The molecule has 0 bridgehead atoms. The van der Waals surface area contributed by atoms with Crippen LogP contribution in [0.3, 0.4) is 0 Å². The van der Waals surface area contributed by atoms with E-state index in [-0.39, 0.29) is 11.9 Å². The van der Waals surface area contributed by atoms with Crippen molar-refractivity contribution in [2.75, 3.05) is 13.2 Å². The van der Waals surface area contributed by atoms with Gasteiger partial charge in [-0.15, -0.1) is 0 Å². The lowest BCUT2D eigenvalue weighted by atomic mass is 10.1. The highest BCUT2D eigenvalue weighted by Crippen LogP contribution is 2.09. The van der Waals surface area contributed by atoms with Gasteiger partial charge in [-0.25, -0.2) is 4.98 Å². The maximum absolute atomic E-state index is 11.8. The van der Waals surface area contributed by atoms with Gasteiger partial charge in [-0.2, -0.15) is 0 Å². The van der Waals surface area contributed by atoms with Crippen LogP contribution < -0.4 is 5.32 Å². The molecule has 0 saturated carbocycles. The Bertz CT molecular complexity index is 361. The number of aromatic nitrogens is 1. The van der Waals surface area contributed by atoms with Crippen molar-refractivity contribution in [1.82, 2.24) is 10.3 Å². The number of carbonyl (C=O) groups is 1. The first kappa shape index (κ1) is 11.4. The molecule has 0 unspecified atom stereocenters. The molecule has 0 aromatic carbocycles. The second kappa shape index (κ2) is 5.27. The third-order valence-electron chi connectivity index (χ3n) is 2.52. The molecule has 1 aromatic rings. The number of nitrogens with one attached hydrogen (secondary N) is 1. The molecule has 1 fully saturated rings. The SMILES string of the molecule is O=C(NC1CCOCC1)c1ccc(Cl)cn1. The first-order valence-corrected chi connectivity index (χ1v) is 5.63. The number of carbonyl (C=O) groups excluding carboxylic acids is 1. The number of ether oxygens (including phenoxy) is 1. The van der Waals surface area contributed by atoms with Crippen LogP contribution in [0.2, 0.25) is 5.02 Å². The molecule has 5 heteroatoms. The van der Waals surface area contributed by atoms with Gasteiger partial charge in [0, 0.05) is 25.5 Å². The predicted molar refractivity (Wildman–Crippen MR) is 60.6 cm³/mol. The minimum Gasteiger partial charge on any atom is -0.381 e. The molecule has 0 radical (unpaired) electrons. The van der Waals surface area contributed by atoms with Crippen molar-refractivity contribution in [3.8, 4) is 0 Å². The second-order valence-electron chi connectivity index (χ2n) is 3.72. The van der Waals surface area contributed by atoms with E-state index in [9.17, 15) is 4.79 Å². The second-order valence-corrected chi connectivity index (χ2v) is 4.16. The summed E-state index contributed by atoms with van der Waals surface area (Å²) in [5.41, 5.74) is 0.399. The van der Waals surface area contributed by atoms with E-state index in [1.54, 1.807) is 12.1 Å². The van der Waals surface area contributed by atoms with Crippen LogP contribution in [0, 0.1) is 0 Å². The van der Waals surface area contributed by atoms with E-state index >= 15 is 0 Å². The monoisotopic (exact) mass is 240 g/mol. The Morgan fingerprint density at radius 1 is 1.44 bits per heavy atom. The van der Waals surface area contributed by atoms with Gasteiger partial charge in [-0.05, 0) is 25.0 Å². The Kier molecular flexibility index (Phi) is 3.74. The minimum atomic E-state index is -0.149. The molecule has 1 N–H and O–H groups in total. The zero-order valence-corrected chi connectivity index (χ0v) is 9.54. The van der Waals surface area contributed by atoms with Crippen molar-refractivity contribution in [3.05, 3.63) is 29.0 Å². The lowest BCUT2D eigenvalue weighted by Gasteiger charge is -2.22. The van der Waals surface area contributed by atoms with Gasteiger partial charge in [-0.3, -0.25) is 4.79 Å². The molecule has 1 amide bonds. The topological polar surface area (TPSA) is 51.2 Å². The summed E-state index contributed by atoms with van der Waals surface area (Å²) < 4.78 is 5.22. The Morgan fingerprint density at radius 3 is 2.81 bits per heavy atom. The lowest BCUT2D eigenvalue weighted by Crippen LogP contribution is -2.39. The van der Waals surface area contributed by atoms with Crippen molar-refractivity contribution in [3.63, 3.8) is 0 Å². The molecule has 1 saturated heterocycles. The predicted octanol–water partition coefficient (Wildman–Crippen LogP) is 1.64. The number of halogens is 1. The highest BCUT2D eigenvalue weighted by Gasteiger charge is 2.17. The van der Waals surface area contributed by atoms with Gasteiger partial charge in [0.15, 0.2) is 0 Å². The van der Waals surface area contributed by atoms with Gasteiger partial charge in [0.2, 0.25) is 0 Å². The molecule has 4 nitrogen and oxygen atoms in total. The molecule has 1 aromatic heterocycles. The molecule has 2 heterocycles. The van der Waals surface area contributed by atoms with E-state index in [1.807, 2.05) is 0 Å². The van der Waals surface area contributed by atoms with Crippen LogP contribution in [0.15, 0.2) is 18.3 Å². The largest absolute Gasteiger partial charge is 0.381 e. The Hall–Kier alpha value is -1.13. The molecule has 16 heavy (non-hydrogen) atoms. The van der Waals surface area contributed by atoms with Crippen LogP contribution in [-0.4, -0.2) is 30.1 Å². The number of rotatable bonds is 2. The van der Waals surface area contributed by atoms with Gasteiger partial charge in [0.1, 0.15) is 5.69 Å². The van der Waals surface area contributed by atoms with Gasteiger partial charge < -0.3 is 10.1 Å². The molecule has 1 aliphatic heterocycles. The van der Waals surface area contributed by atoms with Crippen LogP contribution in [0.5, 0.6) is 0 Å². The van der Waals surface area contributed by atoms with Crippen molar-refractivity contribution in [1.29, 1.82) is 0 Å². The van der Waals surface area contributed by atoms with Gasteiger partial charge >= 0.3 is 0 Å². The normalized spacial score (nSPS) is 17.1. The molecule has 86 valence electrons. The van der Waals surface area contributed by atoms with E-state index in [1.165, 1.54) is 6.20 Å². The average Bonchev–Trinajstić information content (AvgIpc) is 2.31. The fourth-order valence-electron chi connectivity index (χ4n) is 1.61. The van der Waals surface area contributed by atoms with Crippen LogP contribution in [-0.2, 0) is 4.74 Å². The van der Waals surface area contributed by atoms with Crippen LogP contribution >= 0.6 is 11.6 Å². The van der Waals surface area contributed by atoms with E-state index in [0.717, 1.165) is 12.8 Å². The van der Waals surface area contributed by atoms with Gasteiger partial charge in [0.05, 0.1) is 5.02 Å². The fourth-order valence-corrected chi connectivity index (χ4v) is 1.72. The van der Waals surface area contributed by atoms with Crippen molar-refractivity contribution >= 4 is 17.5 Å². The van der Waals surface area contributed by atoms with E-state index in [0.29, 0.717) is 23.9 Å². The Balaban J connectivity index is 1.94. The molecule has 0 atom stereocenters. The molecular formula is C11H13ClN2O2. The zero-order chi connectivity index (χ0) is 11.4. The maximum Gasteiger partial charge on any atom is 0.270 e. The number of hydrogen-bond acceptors (Lipinski definition) is 3. The lowest BCUT2D eigenvalue weighted by molar-refractivity contribution is 0.0694. The van der Waals surface area contributed by atoms with Crippen LogP contribution in [0.25, 0.3) is 0 Å². The third kappa shape index (κ3) is 2.93.